The molecule has 0 heterocycles. The molecule has 0 aliphatic heterocycles. The van der Waals surface area contributed by atoms with Gasteiger partial charge in [-0.1, -0.05) is 0 Å². The molecule has 0 saturated carbocycles. The Morgan fingerprint density at radius 2 is 1.72 bits per heavy atom. The van der Waals surface area contributed by atoms with Crippen LogP contribution in [0.1, 0.15) is 27.2 Å². The molecule has 8 heteroatoms. The molecule has 102 valence electrons. The van der Waals surface area contributed by atoms with E-state index < -0.39 is 41.6 Å². The zero-order valence-electron chi connectivity index (χ0n) is 10.6. The first kappa shape index (κ1) is 15.9. The van der Waals surface area contributed by atoms with E-state index in [9.17, 15) is 19.2 Å². The van der Waals surface area contributed by atoms with Crippen molar-refractivity contribution in [3.05, 3.63) is 0 Å². The summed E-state index contributed by atoms with van der Waals surface area (Å²) < 4.78 is 0. The van der Waals surface area contributed by atoms with Gasteiger partial charge in [-0.2, -0.15) is 0 Å². The van der Waals surface area contributed by atoms with Gasteiger partial charge < -0.3 is 22.1 Å². The van der Waals surface area contributed by atoms with Crippen LogP contribution in [0.15, 0.2) is 0 Å². The van der Waals surface area contributed by atoms with Crippen LogP contribution in [0.4, 0.5) is 0 Å². The Kier molecular flexibility index (Phi) is 5.28. The molecular formula is C10H18N4O4. The van der Waals surface area contributed by atoms with Crippen LogP contribution >= 0.6 is 0 Å². The summed E-state index contributed by atoms with van der Waals surface area (Å²) in [5.41, 5.74) is 8.53. The van der Waals surface area contributed by atoms with E-state index in [0.29, 0.717) is 0 Å². The molecule has 0 bridgehead atoms. The summed E-state index contributed by atoms with van der Waals surface area (Å²) in [5.74, 6) is -2.69. The normalized spacial score (nSPS) is 15.1. The van der Waals surface area contributed by atoms with Gasteiger partial charge in [0.05, 0.1) is 6.42 Å². The minimum atomic E-state index is -1.57. The number of amides is 4. The van der Waals surface area contributed by atoms with Gasteiger partial charge in [0.1, 0.15) is 11.6 Å². The van der Waals surface area contributed by atoms with Gasteiger partial charge in [0.25, 0.3) is 0 Å². The number of carbonyl (C=O) groups is 4. The van der Waals surface area contributed by atoms with Crippen LogP contribution in [-0.2, 0) is 19.2 Å². The lowest BCUT2D eigenvalue weighted by Crippen LogP contribution is -2.60. The summed E-state index contributed by atoms with van der Waals surface area (Å²) in [6, 6.07) is -0.853. The summed E-state index contributed by atoms with van der Waals surface area (Å²) >= 11 is 0. The van der Waals surface area contributed by atoms with E-state index in [4.69, 9.17) is 11.5 Å². The van der Waals surface area contributed by atoms with Crippen molar-refractivity contribution in [2.45, 2.75) is 38.8 Å². The van der Waals surface area contributed by atoms with Crippen LogP contribution in [0.2, 0.25) is 0 Å². The van der Waals surface area contributed by atoms with Crippen molar-refractivity contribution in [1.82, 2.24) is 10.6 Å². The zero-order chi connectivity index (χ0) is 14.5. The third-order valence-corrected chi connectivity index (χ3v) is 2.28. The molecule has 0 aliphatic rings. The second kappa shape index (κ2) is 5.99. The van der Waals surface area contributed by atoms with Crippen molar-refractivity contribution in [2.75, 3.05) is 0 Å². The van der Waals surface area contributed by atoms with E-state index in [1.807, 2.05) is 0 Å². The van der Waals surface area contributed by atoms with Crippen LogP contribution in [0.5, 0.6) is 0 Å². The van der Waals surface area contributed by atoms with Crippen LogP contribution in [0, 0.1) is 0 Å². The van der Waals surface area contributed by atoms with Gasteiger partial charge in [0.15, 0.2) is 0 Å². The van der Waals surface area contributed by atoms with E-state index in [1.54, 1.807) is 0 Å². The summed E-state index contributed by atoms with van der Waals surface area (Å²) in [6.45, 7) is 3.97. The lowest BCUT2D eigenvalue weighted by Gasteiger charge is -2.27. The fourth-order valence-corrected chi connectivity index (χ4v) is 1.29. The average Bonchev–Trinajstić information content (AvgIpc) is 2.14. The minimum absolute atomic E-state index is 0.395. The third kappa shape index (κ3) is 4.81. The van der Waals surface area contributed by atoms with Crippen molar-refractivity contribution in [1.29, 1.82) is 0 Å². The van der Waals surface area contributed by atoms with Crippen molar-refractivity contribution in [3.63, 3.8) is 0 Å². The van der Waals surface area contributed by atoms with Crippen LogP contribution in [0.3, 0.4) is 0 Å². The Morgan fingerprint density at radius 1 is 1.22 bits per heavy atom. The number of hydrogen-bond donors (Lipinski definition) is 4. The molecule has 18 heavy (non-hydrogen) atoms. The SMILES string of the molecule is CC(=O)N[C@@H](C)C(=O)N[C@@](C)(CC(N)=O)C(N)=O. The Hall–Kier alpha value is -2.12. The zero-order valence-corrected chi connectivity index (χ0v) is 10.6. The van der Waals surface area contributed by atoms with Gasteiger partial charge >= 0.3 is 0 Å². The van der Waals surface area contributed by atoms with Crippen molar-refractivity contribution in [3.8, 4) is 0 Å². The van der Waals surface area contributed by atoms with Crippen LogP contribution in [-0.4, -0.2) is 35.2 Å². The highest BCUT2D eigenvalue weighted by Crippen LogP contribution is 2.08. The quantitative estimate of drug-likeness (QED) is 0.426. The number of rotatable bonds is 6. The molecule has 0 aromatic rings. The Morgan fingerprint density at radius 3 is 2.06 bits per heavy atom. The van der Waals surface area contributed by atoms with E-state index in [-0.39, 0.29) is 0 Å². The van der Waals surface area contributed by atoms with E-state index in [2.05, 4.69) is 10.6 Å². The maximum atomic E-state index is 11.7. The van der Waals surface area contributed by atoms with Gasteiger partial charge in [-0.05, 0) is 13.8 Å². The first-order chi connectivity index (χ1) is 8.08. The Labute approximate surface area is 104 Å². The molecule has 4 amide bonds. The molecule has 0 aromatic carbocycles. The fourth-order valence-electron chi connectivity index (χ4n) is 1.29. The summed E-state index contributed by atoms with van der Waals surface area (Å²) in [7, 11) is 0. The second-order valence-electron chi connectivity index (χ2n) is 4.25. The molecular weight excluding hydrogens is 240 g/mol. The maximum absolute atomic E-state index is 11.7. The molecule has 0 radical (unpaired) electrons. The lowest BCUT2D eigenvalue weighted by molar-refractivity contribution is -0.135. The fraction of sp³-hybridized carbons (Fsp3) is 0.600. The Balaban J connectivity index is 4.79. The monoisotopic (exact) mass is 258 g/mol. The molecule has 0 saturated heterocycles. The molecule has 0 fully saturated rings. The molecule has 0 aliphatic carbocycles. The number of nitrogens with two attached hydrogens (primary N) is 2. The predicted molar refractivity (Wildman–Crippen MR) is 62.8 cm³/mol. The highest BCUT2D eigenvalue weighted by Gasteiger charge is 2.35. The standard InChI is InChI=1S/C10H18N4O4/c1-5(13-6(2)15)8(17)14-10(3,9(12)18)4-7(11)16/h5H,4H2,1-3H3,(H2,11,16)(H2,12,18)(H,13,15)(H,14,17)/t5-,10-/m0/s1. The largest absolute Gasteiger partial charge is 0.370 e. The number of hydrogen-bond acceptors (Lipinski definition) is 4. The molecule has 0 aromatic heterocycles. The number of carbonyl (C=O) groups excluding carboxylic acids is 4. The smallest absolute Gasteiger partial charge is 0.243 e. The first-order valence-electron chi connectivity index (χ1n) is 5.26. The van der Waals surface area contributed by atoms with Gasteiger partial charge in [-0.15, -0.1) is 0 Å². The van der Waals surface area contributed by atoms with Crippen molar-refractivity contribution in [2.24, 2.45) is 11.5 Å². The summed E-state index contributed by atoms with van der Waals surface area (Å²) in [4.78, 5) is 44.6. The maximum Gasteiger partial charge on any atom is 0.243 e. The lowest BCUT2D eigenvalue weighted by atomic mass is 9.96. The molecule has 0 rings (SSSR count). The molecule has 0 unspecified atom stereocenters. The average molecular weight is 258 g/mol. The summed E-state index contributed by atoms with van der Waals surface area (Å²) in [5, 5.41) is 4.64. The first-order valence-corrected chi connectivity index (χ1v) is 5.26. The number of nitrogens with one attached hydrogen (secondary N) is 2. The van der Waals surface area contributed by atoms with E-state index >= 15 is 0 Å². The third-order valence-electron chi connectivity index (χ3n) is 2.28. The number of primary amides is 2. The van der Waals surface area contributed by atoms with Gasteiger partial charge in [-0.3, -0.25) is 19.2 Å². The summed E-state index contributed by atoms with van der Waals surface area (Å²) in [6.07, 6.45) is -0.416. The van der Waals surface area contributed by atoms with Gasteiger partial charge in [0, 0.05) is 6.92 Å². The highest BCUT2D eigenvalue weighted by atomic mass is 16.2. The topological polar surface area (TPSA) is 144 Å². The predicted octanol–water partition coefficient (Wildman–Crippen LogP) is -2.25. The van der Waals surface area contributed by atoms with Crippen LogP contribution < -0.4 is 22.1 Å². The molecule has 6 N–H and O–H groups in total. The second-order valence-corrected chi connectivity index (χ2v) is 4.25. The van der Waals surface area contributed by atoms with E-state index in [0.717, 1.165) is 0 Å². The molecule has 8 nitrogen and oxygen atoms in total. The molecule has 0 spiro atoms. The van der Waals surface area contributed by atoms with Gasteiger partial charge in [-0.25, -0.2) is 0 Å². The highest BCUT2D eigenvalue weighted by molar-refractivity contribution is 5.96. The van der Waals surface area contributed by atoms with E-state index in [1.165, 1.54) is 20.8 Å². The van der Waals surface area contributed by atoms with Crippen molar-refractivity contribution >= 4 is 23.6 Å². The molecule has 2 atom stereocenters. The van der Waals surface area contributed by atoms with Gasteiger partial charge in [0.2, 0.25) is 23.6 Å². The minimum Gasteiger partial charge on any atom is -0.370 e. The van der Waals surface area contributed by atoms with Crippen LogP contribution in [0.25, 0.3) is 0 Å². The Bertz CT molecular complexity index is 382. The van der Waals surface area contributed by atoms with Crippen molar-refractivity contribution < 1.29 is 19.2 Å².